The zero-order valence-electron chi connectivity index (χ0n) is 11.2. The topological polar surface area (TPSA) is 74.8 Å². The summed E-state index contributed by atoms with van der Waals surface area (Å²) in [6, 6.07) is 3.18. The van der Waals surface area contributed by atoms with E-state index < -0.39 is 20.0 Å². The molecule has 0 unspecified atom stereocenters. The van der Waals surface area contributed by atoms with Crippen LogP contribution in [-0.2, 0) is 20.0 Å². The molecule has 0 atom stereocenters. The van der Waals surface area contributed by atoms with E-state index in [2.05, 4.69) is 0 Å². The van der Waals surface area contributed by atoms with Crippen LogP contribution in [0.15, 0.2) is 21.7 Å². The molecule has 0 aliphatic carbocycles. The minimum Gasteiger partial charge on any atom is -0.212 e. The number of hydrogen-bond donors (Lipinski definition) is 0. The molecule has 1 fully saturated rings. The highest BCUT2D eigenvalue weighted by molar-refractivity contribution is 7.91. The molecule has 0 spiro atoms. The van der Waals surface area contributed by atoms with E-state index in [1.807, 2.05) is 0 Å². The molecule has 0 saturated carbocycles. The van der Waals surface area contributed by atoms with Gasteiger partial charge >= 0.3 is 0 Å². The summed E-state index contributed by atoms with van der Waals surface area (Å²) >= 11 is 1.13. The molecular formula is C11H18N2O4S3. The van der Waals surface area contributed by atoms with E-state index in [0.717, 1.165) is 28.5 Å². The van der Waals surface area contributed by atoms with Crippen molar-refractivity contribution in [3.8, 4) is 0 Å². The summed E-state index contributed by atoms with van der Waals surface area (Å²) in [7, 11) is -5.51. The van der Waals surface area contributed by atoms with Gasteiger partial charge in [-0.25, -0.2) is 21.1 Å². The summed E-state index contributed by atoms with van der Waals surface area (Å²) in [6.07, 6.45) is 1.76. The van der Waals surface area contributed by atoms with Gasteiger partial charge in [0.1, 0.15) is 4.21 Å². The van der Waals surface area contributed by atoms with Crippen LogP contribution in [0.2, 0.25) is 0 Å². The van der Waals surface area contributed by atoms with Crippen molar-refractivity contribution in [3.05, 3.63) is 17.5 Å². The Morgan fingerprint density at radius 3 is 2.45 bits per heavy atom. The van der Waals surface area contributed by atoms with Gasteiger partial charge in [-0.05, 0) is 24.3 Å². The van der Waals surface area contributed by atoms with E-state index in [4.69, 9.17) is 0 Å². The second-order valence-corrected chi connectivity index (χ2v) is 9.99. The molecule has 1 aromatic rings. The highest BCUT2D eigenvalue weighted by Crippen LogP contribution is 2.20. The van der Waals surface area contributed by atoms with Crippen LogP contribution < -0.4 is 0 Å². The molecule has 0 aromatic carbocycles. The molecule has 6 nitrogen and oxygen atoms in total. The van der Waals surface area contributed by atoms with Crippen LogP contribution in [0.25, 0.3) is 0 Å². The molecule has 9 heteroatoms. The van der Waals surface area contributed by atoms with Gasteiger partial charge in [0.25, 0.3) is 10.0 Å². The van der Waals surface area contributed by atoms with Crippen LogP contribution in [0, 0.1) is 0 Å². The standard InChI is InChI=1S/C11H18N2O4S3/c1-12(20(16,17)11-5-4-9-18-11)8-10-19(14,15)13-6-2-3-7-13/h4-5,9H,2-3,6-8,10H2,1H3. The maximum atomic E-state index is 12.2. The molecule has 1 aliphatic rings. The molecular weight excluding hydrogens is 320 g/mol. The van der Waals surface area contributed by atoms with Gasteiger partial charge in [-0.3, -0.25) is 0 Å². The molecule has 2 heterocycles. The average molecular weight is 338 g/mol. The van der Waals surface area contributed by atoms with Gasteiger partial charge in [-0.2, -0.15) is 4.31 Å². The minimum atomic E-state index is -3.57. The highest BCUT2D eigenvalue weighted by atomic mass is 32.2. The minimum absolute atomic E-state index is 0.0287. The average Bonchev–Trinajstić information content (AvgIpc) is 3.07. The molecule has 2 rings (SSSR count). The van der Waals surface area contributed by atoms with Crippen LogP contribution in [0.3, 0.4) is 0 Å². The van der Waals surface area contributed by atoms with Crippen LogP contribution in [0.5, 0.6) is 0 Å². The predicted octanol–water partition coefficient (Wildman–Crippen LogP) is 0.794. The third kappa shape index (κ3) is 3.40. The lowest BCUT2D eigenvalue weighted by Crippen LogP contribution is -2.37. The normalized spacial score (nSPS) is 17.9. The first-order valence-electron chi connectivity index (χ1n) is 6.32. The second-order valence-electron chi connectivity index (χ2n) is 4.68. The summed E-state index contributed by atoms with van der Waals surface area (Å²) in [5.74, 6) is -0.173. The van der Waals surface area contributed by atoms with Gasteiger partial charge in [0, 0.05) is 26.7 Å². The molecule has 1 aromatic heterocycles. The van der Waals surface area contributed by atoms with Crippen LogP contribution in [-0.4, -0.2) is 57.9 Å². The van der Waals surface area contributed by atoms with Crippen LogP contribution >= 0.6 is 11.3 Å². The largest absolute Gasteiger partial charge is 0.252 e. The van der Waals surface area contributed by atoms with E-state index in [0.29, 0.717) is 13.1 Å². The Kier molecular flexibility index (Phi) is 4.85. The van der Waals surface area contributed by atoms with E-state index in [1.165, 1.54) is 17.4 Å². The summed E-state index contributed by atoms with van der Waals surface area (Å²) in [5, 5.41) is 1.68. The number of thiophene rings is 1. The first kappa shape index (κ1) is 15.9. The lowest BCUT2D eigenvalue weighted by atomic mass is 10.4. The number of sulfonamides is 2. The number of rotatable bonds is 6. The van der Waals surface area contributed by atoms with E-state index >= 15 is 0 Å². The molecule has 20 heavy (non-hydrogen) atoms. The maximum absolute atomic E-state index is 12.2. The summed E-state index contributed by atoms with van der Waals surface area (Å²) in [5.41, 5.74) is 0. The van der Waals surface area contributed by atoms with Gasteiger partial charge in [0.05, 0.1) is 5.75 Å². The van der Waals surface area contributed by atoms with Crippen molar-refractivity contribution < 1.29 is 16.8 Å². The van der Waals surface area contributed by atoms with Crippen molar-refractivity contribution in [2.75, 3.05) is 32.4 Å². The van der Waals surface area contributed by atoms with Crippen molar-refractivity contribution in [2.24, 2.45) is 0 Å². The molecule has 0 amide bonds. The van der Waals surface area contributed by atoms with Gasteiger partial charge in [0.2, 0.25) is 10.0 Å². The Labute approximate surface area is 124 Å². The van der Waals surface area contributed by atoms with Gasteiger partial charge in [0.15, 0.2) is 0 Å². The summed E-state index contributed by atoms with van der Waals surface area (Å²) in [4.78, 5) is 0. The number of nitrogens with zero attached hydrogens (tertiary/aromatic N) is 2. The Hall–Kier alpha value is -0.480. The smallest absolute Gasteiger partial charge is 0.212 e. The fourth-order valence-corrected chi connectivity index (χ4v) is 6.09. The lowest BCUT2D eigenvalue weighted by Gasteiger charge is -2.19. The quantitative estimate of drug-likeness (QED) is 0.769. The Bertz CT molecular complexity index is 631. The molecule has 1 saturated heterocycles. The zero-order chi connectivity index (χ0) is 14.8. The van der Waals surface area contributed by atoms with E-state index in [-0.39, 0.29) is 16.5 Å². The lowest BCUT2D eigenvalue weighted by molar-refractivity contribution is 0.458. The maximum Gasteiger partial charge on any atom is 0.252 e. The Morgan fingerprint density at radius 1 is 1.25 bits per heavy atom. The SMILES string of the molecule is CN(CCS(=O)(=O)N1CCCC1)S(=O)(=O)c1cccs1. The van der Waals surface area contributed by atoms with Crippen molar-refractivity contribution in [1.29, 1.82) is 0 Å². The summed E-state index contributed by atoms with van der Waals surface area (Å²) in [6.45, 7) is 1.06. The Balaban J connectivity index is 2.00. The van der Waals surface area contributed by atoms with Crippen molar-refractivity contribution in [1.82, 2.24) is 8.61 Å². The van der Waals surface area contributed by atoms with Gasteiger partial charge < -0.3 is 0 Å². The zero-order valence-corrected chi connectivity index (χ0v) is 13.7. The molecule has 0 N–H and O–H groups in total. The third-order valence-corrected chi connectivity index (χ3v) is 8.36. The van der Waals surface area contributed by atoms with Crippen molar-refractivity contribution in [2.45, 2.75) is 17.1 Å². The predicted molar refractivity (Wildman–Crippen MR) is 78.7 cm³/mol. The van der Waals surface area contributed by atoms with Crippen molar-refractivity contribution >= 4 is 31.4 Å². The number of hydrogen-bond acceptors (Lipinski definition) is 5. The third-order valence-electron chi connectivity index (χ3n) is 3.28. The molecule has 0 bridgehead atoms. The second kappa shape index (κ2) is 6.10. The monoisotopic (exact) mass is 338 g/mol. The first-order valence-corrected chi connectivity index (χ1v) is 10.2. The summed E-state index contributed by atoms with van der Waals surface area (Å²) < 4.78 is 51.2. The van der Waals surface area contributed by atoms with Gasteiger partial charge in [-0.15, -0.1) is 11.3 Å². The van der Waals surface area contributed by atoms with Crippen LogP contribution in [0.1, 0.15) is 12.8 Å². The molecule has 114 valence electrons. The molecule has 0 radical (unpaired) electrons. The Morgan fingerprint density at radius 2 is 1.90 bits per heavy atom. The van der Waals surface area contributed by atoms with Gasteiger partial charge in [-0.1, -0.05) is 6.07 Å². The first-order chi connectivity index (χ1) is 9.34. The highest BCUT2D eigenvalue weighted by Gasteiger charge is 2.28. The van der Waals surface area contributed by atoms with E-state index in [9.17, 15) is 16.8 Å². The van der Waals surface area contributed by atoms with Crippen molar-refractivity contribution in [3.63, 3.8) is 0 Å². The fraction of sp³-hybridized carbons (Fsp3) is 0.636. The van der Waals surface area contributed by atoms with E-state index in [1.54, 1.807) is 11.4 Å². The molecule has 1 aliphatic heterocycles. The fourth-order valence-electron chi connectivity index (χ4n) is 2.02. The van der Waals surface area contributed by atoms with Crippen LogP contribution in [0.4, 0.5) is 0 Å².